The molecule has 0 bridgehead atoms. The Morgan fingerprint density at radius 2 is 2.12 bits per heavy atom. The van der Waals surface area contributed by atoms with Crippen molar-refractivity contribution >= 4 is 16.9 Å². The minimum atomic E-state index is -0.0232. The first-order valence-corrected chi connectivity index (χ1v) is 5.89. The fourth-order valence-corrected chi connectivity index (χ4v) is 2.13. The lowest BCUT2D eigenvalue weighted by molar-refractivity contribution is -0.131. The van der Waals surface area contributed by atoms with Crippen molar-refractivity contribution in [3.63, 3.8) is 0 Å². The fourth-order valence-electron chi connectivity index (χ4n) is 2.13. The van der Waals surface area contributed by atoms with Gasteiger partial charge < -0.3 is 9.32 Å². The quantitative estimate of drug-likeness (QED) is 0.811. The highest BCUT2D eigenvalue weighted by Crippen LogP contribution is 2.27. The van der Waals surface area contributed by atoms with Crippen LogP contribution in [0.5, 0.6) is 0 Å². The molecule has 1 amide bonds. The molecule has 90 valence electrons. The molecule has 0 N–H and O–H groups in total. The Balaban J connectivity index is 2.35. The van der Waals surface area contributed by atoms with Gasteiger partial charge in [0.2, 0.25) is 5.91 Å². The summed E-state index contributed by atoms with van der Waals surface area (Å²) in [5.41, 5.74) is 0.869. The molecule has 2 aromatic rings. The minimum Gasteiger partial charge on any atom is -0.459 e. The molecular formula is C14H17NO2. The second-order valence-corrected chi connectivity index (χ2v) is 4.17. The molecule has 1 aromatic carbocycles. The number of fused-ring (bicyclic) bond motifs is 1. The first-order valence-electron chi connectivity index (χ1n) is 5.89. The molecule has 1 aromatic heterocycles. The van der Waals surface area contributed by atoms with E-state index in [0.29, 0.717) is 6.54 Å². The summed E-state index contributed by atoms with van der Waals surface area (Å²) >= 11 is 0. The highest BCUT2D eigenvalue weighted by Gasteiger charge is 2.19. The van der Waals surface area contributed by atoms with Gasteiger partial charge in [-0.15, -0.1) is 0 Å². The van der Waals surface area contributed by atoms with E-state index in [1.54, 1.807) is 11.8 Å². The zero-order chi connectivity index (χ0) is 12.4. The van der Waals surface area contributed by atoms with Gasteiger partial charge >= 0.3 is 0 Å². The highest BCUT2D eigenvalue weighted by molar-refractivity contribution is 5.78. The summed E-state index contributed by atoms with van der Waals surface area (Å²) in [6.45, 7) is 6.24. The summed E-state index contributed by atoms with van der Waals surface area (Å²) in [6.07, 6.45) is 0. The van der Waals surface area contributed by atoms with E-state index in [1.165, 1.54) is 0 Å². The van der Waals surface area contributed by atoms with Crippen molar-refractivity contribution in [1.29, 1.82) is 0 Å². The number of rotatable bonds is 3. The zero-order valence-corrected chi connectivity index (χ0v) is 10.4. The SMILES string of the molecule is CCN(C(C)=O)C(C)c1cc2ccccc2o1. The average molecular weight is 231 g/mol. The first kappa shape index (κ1) is 11.7. The predicted molar refractivity (Wildman–Crippen MR) is 67.7 cm³/mol. The first-order chi connectivity index (χ1) is 8.13. The lowest BCUT2D eigenvalue weighted by Gasteiger charge is -2.24. The van der Waals surface area contributed by atoms with Gasteiger partial charge in [-0.2, -0.15) is 0 Å². The molecule has 3 heteroatoms. The Labute approximate surface area is 101 Å². The molecule has 2 rings (SSSR count). The molecule has 1 heterocycles. The number of nitrogens with zero attached hydrogens (tertiary/aromatic N) is 1. The van der Waals surface area contributed by atoms with Crippen LogP contribution in [0.3, 0.4) is 0 Å². The average Bonchev–Trinajstić information content (AvgIpc) is 2.72. The van der Waals surface area contributed by atoms with Gasteiger partial charge in [0.15, 0.2) is 0 Å². The van der Waals surface area contributed by atoms with Crippen molar-refractivity contribution < 1.29 is 9.21 Å². The van der Waals surface area contributed by atoms with Crippen LogP contribution >= 0.6 is 0 Å². The lowest BCUT2D eigenvalue weighted by Crippen LogP contribution is -2.31. The topological polar surface area (TPSA) is 33.5 Å². The third kappa shape index (κ3) is 2.18. The van der Waals surface area contributed by atoms with Crippen LogP contribution < -0.4 is 0 Å². The second-order valence-electron chi connectivity index (χ2n) is 4.17. The Kier molecular flexibility index (Phi) is 3.18. The maximum Gasteiger partial charge on any atom is 0.220 e. The molecular weight excluding hydrogens is 214 g/mol. The maximum atomic E-state index is 11.5. The van der Waals surface area contributed by atoms with E-state index >= 15 is 0 Å². The van der Waals surface area contributed by atoms with E-state index in [4.69, 9.17) is 4.42 Å². The Hall–Kier alpha value is -1.77. The van der Waals surface area contributed by atoms with Gasteiger partial charge in [-0.3, -0.25) is 4.79 Å². The number of furan rings is 1. The normalized spacial score (nSPS) is 12.6. The van der Waals surface area contributed by atoms with E-state index in [2.05, 4.69) is 0 Å². The van der Waals surface area contributed by atoms with Gasteiger partial charge in [-0.25, -0.2) is 0 Å². The molecule has 3 nitrogen and oxygen atoms in total. The van der Waals surface area contributed by atoms with Crippen molar-refractivity contribution in [3.8, 4) is 0 Å². The molecule has 1 unspecified atom stereocenters. The van der Waals surface area contributed by atoms with Gasteiger partial charge in [0.1, 0.15) is 11.3 Å². The zero-order valence-electron chi connectivity index (χ0n) is 10.4. The third-order valence-electron chi connectivity index (χ3n) is 3.07. The number of hydrogen-bond acceptors (Lipinski definition) is 2. The van der Waals surface area contributed by atoms with Gasteiger partial charge in [0, 0.05) is 18.9 Å². The number of benzene rings is 1. The summed E-state index contributed by atoms with van der Waals surface area (Å²) in [7, 11) is 0. The van der Waals surface area contributed by atoms with E-state index in [0.717, 1.165) is 16.7 Å². The molecule has 0 spiro atoms. The van der Waals surface area contributed by atoms with E-state index in [1.807, 2.05) is 44.2 Å². The molecule has 0 aliphatic heterocycles. The van der Waals surface area contributed by atoms with Crippen LogP contribution in [0.25, 0.3) is 11.0 Å². The van der Waals surface area contributed by atoms with Crippen LogP contribution in [0.4, 0.5) is 0 Å². The van der Waals surface area contributed by atoms with Crippen LogP contribution in [-0.4, -0.2) is 17.4 Å². The van der Waals surface area contributed by atoms with Gasteiger partial charge in [-0.1, -0.05) is 18.2 Å². The standard InChI is InChI=1S/C14H17NO2/c1-4-15(11(3)16)10(2)14-9-12-7-5-6-8-13(12)17-14/h5-10H,4H2,1-3H3. The lowest BCUT2D eigenvalue weighted by atomic mass is 10.2. The molecule has 0 aliphatic carbocycles. The fraction of sp³-hybridized carbons (Fsp3) is 0.357. The van der Waals surface area contributed by atoms with Gasteiger partial charge in [-0.05, 0) is 26.0 Å². The van der Waals surface area contributed by atoms with Crippen molar-refractivity contribution in [2.75, 3.05) is 6.54 Å². The van der Waals surface area contributed by atoms with Crippen LogP contribution in [0.1, 0.15) is 32.6 Å². The number of hydrogen-bond donors (Lipinski definition) is 0. The number of carbonyl (C=O) groups is 1. The maximum absolute atomic E-state index is 11.5. The molecule has 0 saturated carbocycles. The summed E-state index contributed by atoms with van der Waals surface area (Å²) in [5.74, 6) is 0.906. The number of para-hydroxylation sites is 1. The second kappa shape index (κ2) is 4.62. The predicted octanol–water partition coefficient (Wildman–Crippen LogP) is 3.36. The van der Waals surface area contributed by atoms with Crippen molar-refractivity contribution in [3.05, 3.63) is 36.1 Å². The summed E-state index contributed by atoms with van der Waals surface area (Å²) < 4.78 is 5.77. The van der Waals surface area contributed by atoms with Crippen LogP contribution in [0.2, 0.25) is 0 Å². The van der Waals surface area contributed by atoms with Crippen LogP contribution in [0.15, 0.2) is 34.7 Å². The van der Waals surface area contributed by atoms with Crippen molar-refractivity contribution in [2.45, 2.75) is 26.8 Å². The number of amides is 1. The van der Waals surface area contributed by atoms with Crippen molar-refractivity contribution in [1.82, 2.24) is 4.90 Å². The minimum absolute atomic E-state index is 0.0232. The van der Waals surface area contributed by atoms with Gasteiger partial charge in [0.05, 0.1) is 6.04 Å². The highest BCUT2D eigenvalue weighted by atomic mass is 16.3. The van der Waals surface area contributed by atoms with Gasteiger partial charge in [0.25, 0.3) is 0 Å². The third-order valence-corrected chi connectivity index (χ3v) is 3.07. The molecule has 17 heavy (non-hydrogen) atoms. The molecule has 0 radical (unpaired) electrons. The summed E-state index contributed by atoms with van der Waals surface area (Å²) in [6, 6.07) is 9.86. The van der Waals surface area contributed by atoms with E-state index < -0.39 is 0 Å². The molecule has 1 atom stereocenters. The van der Waals surface area contributed by atoms with Crippen molar-refractivity contribution in [2.24, 2.45) is 0 Å². The number of carbonyl (C=O) groups excluding carboxylic acids is 1. The summed E-state index contributed by atoms with van der Waals surface area (Å²) in [5, 5.41) is 1.08. The summed E-state index contributed by atoms with van der Waals surface area (Å²) in [4.78, 5) is 13.3. The monoisotopic (exact) mass is 231 g/mol. The molecule has 0 fully saturated rings. The smallest absolute Gasteiger partial charge is 0.220 e. The van der Waals surface area contributed by atoms with E-state index in [-0.39, 0.29) is 11.9 Å². The molecule has 0 aliphatic rings. The Morgan fingerprint density at radius 1 is 1.41 bits per heavy atom. The Bertz CT molecular complexity index is 497. The van der Waals surface area contributed by atoms with E-state index in [9.17, 15) is 4.79 Å². The van der Waals surface area contributed by atoms with Crippen LogP contribution in [-0.2, 0) is 4.79 Å². The van der Waals surface area contributed by atoms with Crippen LogP contribution in [0, 0.1) is 0 Å². The molecule has 0 saturated heterocycles. The Morgan fingerprint density at radius 3 is 2.71 bits per heavy atom. The largest absolute Gasteiger partial charge is 0.459 e.